The molecule has 4 N–H and O–H groups in total. The number of nitrogens with one attached hydrogen (secondary N) is 1. The third kappa shape index (κ3) is 11.1. The van der Waals surface area contributed by atoms with Gasteiger partial charge in [0.2, 0.25) is 0 Å². The van der Waals surface area contributed by atoms with Gasteiger partial charge < -0.3 is 15.6 Å². The topological polar surface area (TPSA) is 119 Å². The average Bonchev–Trinajstić information content (AvgIpc) is 4.05. The Kier molecular flexibility index (Phi) is 12.6. The van der Waals surface area contributed by atoms with Crippen LogP contribution < -0.4 is 27.0 Å². The van der Waals surface area contributed by atoms with Crippen molar-refractivity contribution < 1.29 is 24.2 Å². The standard InChI is InChI=1S/C18H15P.C15H19NO4.C11H13NO/c1-4-10-16(11-5-1)19(17-12-6-2-7-13-17)18-14-8-3-9-15-18;1-15(2,3)20-14(19)16-12-8-10(13(17)18)6-7-11(12)9-4-5-9;1-7(13)9-4-5-10(8-2-3-8)11(12)6-9/h1-15H;6-9H,4-5H2,1-3H3,(H,16,19)(H,17,18);4-6,8H,2-3,12H2,1H3. The second kappa shape index (κ2) is 17.3. The van der Waals surface area contributed by atoms with Gasteiger partial charge in [0.1, 0.15) is 5.60 Å². The molecule has 0 aliphatic heterocycles. The van der Waals surface area contributed by atoms with Gasteiger partial charge in [-0.05, 0) is 118 Å². The summed E-state index contributed by atoms with van der Waals surface area (Å²) in [7, 11) is -0.446. The number of carbonyl (C=O) groups excluding carboxylic acids is 2. The number of ketones is 1. The Morgan fingerprint density at radius 3 is 1.52 bits per heavy atom. The quantitative estimate of drug-likeness (QED) is 0.0838. The molecule has 2 saturated carbocycles. The van der Waals surface area contributed by atoms with Gasteiger partial charge in [0.05, 0.1) is 5.56 Å². The first kappa shape index (κ1) is 38.0. The van der Waals surface area contributed by atoms with Crippen LogP contribution in [0.25, 0.3) is 0 Å². The lowest BCUT2D eigenvalue weighted by Gasteiger charge is -2.20. The van der Waals surface area contributed by atoms with E-state index in [9.17, 15) is 14.4 Å². The van der Waals surface area contributed by atoms with Crippen molar-refractivity contribution in [3.63, 3.8) is 0 Å². The molecule has 7 nitrogen and oxygen atoms in total. The largest absolute Gasteiger partial charge is 0.478 e. The van der Waals surface area contributed by atoms with Crippen LogP contribution in [0.15, 0.2) is 127 Å². The number of nitrogens with two attached hydrogens (primary N) is 1. The lowest BCUT2D eigenvalue weighted by atomic mass is 10.0. The first-order valence-electron chi connectivity index (χ1n) is 17.6. The fraction of sp³-hybridized carbons (Fsp3) is 0.250. The predicted molar refractivity (Wildman–Crippen MR) is 213 cm³/mol. The Morgan fingerprint density at radius 1 is 0.673 bits per heavy atom. The fourth-order valence-corrected chi connectivity index (χ4v) is 8.00. The molecule has 0 heterocycles. The molecule has 0 spiro atoms. The molecule has 8 heteroatoms. The van der Waals surface area contributed by atoms with Crippen LogP contribution in [-0.2, 0) is 4.74 Å². The molecule has 5 aromatic carbocycles. The molecule has 7 rings (SSSR count). The maximum Gasteiger partial charge on any atom is 0.412 e. The van der Waals surface area contributed by atoms with Crippen molar-refractivity contribution >= 4 is 53.1 Å². The number of benzene rings is 5. The minimum absolute atomic E-state index is 0.0778. The van der Waals surface area contributed by atoms with Crippen LogP contribution >= 0.6 is 7.92 Å². The van der Waals surface area contributed by atoms with E-state index < -0.39 is 25.6 Å². The van der Waals surface area contributed by atoms with Crippen LogP contribution in [0, 0.1) is 0 Å². The highest BCUT2D eigenvalue weighted by molar-refractivity contribution is 7.79. The maximum atomic E-state index is 11.8. The smallest absolute Gasteiger partial charge is 0.412 e. The van der Waals surface area contributed by atoms with Gasteiger partial charge in [-0.15, -0.1) is 0 Å². The first-order chi connectivity index (χ1) is 24.9. The van der Waals surface area contributed by atoms with Crippen LogP contribution in [-0.4, -0.2) is 28.6 Å². The highest BCUT2D eigenvalue weighted by atomic mass is 31.1. The summed E-state index contributed by atoms with van der Waals surface area (Å²) in [6, 6.07) is 42.8. The number of carbonyl (C=O) groups is 3. The highest BCUT2D eigenvalue weighted by Crippen LogP contribution is 2.44. The predicted octanol–water partition coefficient (Wildman–Crippen LogP) is 9.40. The van der Waals surface area contributed by atoms with Gasteiger partial charge in [-0.25, -0.2) is 9.59 Å². The molecular formula is C44H47N2O5P. The van der Waals surface area contributed by atoms with Gasteiger partial charge in [-0.1, -0.05) is 109 Å². The Labute approximate surface area is 308 Å². The molecule has 2 aliphatic carbocycles. The van der Waals surface area contributed by atoms with Crippen molar-refractivity contribution in [3.8, 4) is 0 Å². The normalized spacial score (nSPS) is 13.5. The number of anilines is 2. The third-order valence-electron chi connectivity index (χ3n) is 8.51. The minimum atomic E-state index is -1.01. The zero-order valence-corrected chi connectivity index (χ0v) is 31.1. The zero-order valence-electron chi connectivity index (χ0n) is 30.2. The SMILES string of the molecule is CC(=O)c1ccc(C2CC2)c(N)c1.CC(C)(C)OC(=O)Nc1cc(C(=O)O)ccc1C1CC1.c1ccc(P(c2ccccc2)c2ccccc2)cc1. The number of ether oxygens (including phenoxy) is 1. The molecule has 52 heavy (non-hydrogen) atoms. The van der Waals surface area contributed by atoms with E-state index in [-0.39, 0.29) is 11.3 Å². The van der Waals surface area contributed by atoms with Crippen molar-refractivity contribution in [2.24, 2.45) is 0 Å². The first-order valence-corrected chi connectivity index (χ1v) is 19.0. The number of carboxylic acids is 1. The number of amides is 1. The van der Waals surface area contributed by atoms with E-state index in [0.29, 0.717) is 23.1 Å². The van der Waals surface area contributed by atoms with E-state index in [4.69, 9.17) is 15.6 Å². The van der Waals surface area contributed by atoms with Crippen molar-refractivity contribution in [3.05, 3.63) is 150 Å². The Balaban J connectivity index is 0.000000154. The third-order valence-corrected chi connectivity index (χ3v) is 11.0. The summed E-state index contributed by atoms with van der Waals surface area (Å²) >= 11 is 0. The van der Waals surface area contributed by atoms with Gasteiger partial charge in [-0.3, -0.25) is 10.1 Å². The Bertz CT molecular complexity index is 1880. The number of carboxylic acid groups (broad SMARTS) is 1. The van der Waals surface area contributed by atoms with E-state index >= 15 is 0 Å². The van der Waals surface area contributed by atoms with Crippen LogP contribution in [0.4, 0.5) is 16.2 Å². The highest BCUT2D eigenvalue weighted by Gasteiger charge is 2.28. The van der Waals surface area contributed by atoms with E-state index in [1.807, 2.05) is 12.1 Å². The number of rotatable bonds is 8. The van der Waals surface area contributed by atoms with E-state index in [0.717, 1.165) is 24.1 Å². The second-order valence-corrected chi connectivity index (χ2v) is 16.2. The van der Waals surface area contributed by atoms with Crippen molar-refractivity contribution in [1.29, 1.82) is 0 Å². The maximum absolute atomic E-state index is 11.8. The van der Waals surface area contributed by atoms with Crippen LogP contribution in [0.2, 0.25) is 0 Å². The number of Topliss-reactive ketones (excluding diaryl/α,β-unsaturated/α-hetero) is 1. The van der Waals surface area contributed by atoms with E-state index in [1.165, 1.54) is 40.4 Å². The molecule has 1 amide bonds. The van der Waals surface area contributed by atoms with Gasteiger partial charge in [0.25, 0.3) is 0 Å². The van der Waals surface area contributed by atoms with Crippen molar-refractivity contribution in [1.82, 2.24) is 0 Å². The van der Waals surface area contributed by atoms with Crippen LogP contribution in [0.3, 0.4) is 0 Å². The Morgan fingerprint density at radius 2 is 1.12 bits per heavy atom. The molecule has 0 aromatic heterocycles. The summed E-state index contributed by atoms with van der Waals surface area (Å²) in [6.07, 6.45) is 4.04. The van der Waals surface area contributed by atoms with Crippen LogP contribution in [0.5, 0.6) is 0 Å². The molecule has 5 aromatic rings. The van der Waals surface area contributed by atoms with Crippen molar-refractivity contribution in [2.75, 3.05) is 11.1 Å². The monoisotopic (exact) mass is 714 g/mol. The molecule has 2 aliphatic rings. The second-order valence-electron chi connectivity index (χ2n) is 14.0. The lowest BCUT2D eigenvalue weighted by Crippen LogP contribution is -2.27. The molecular weight excluding hydrogens is 667 g/mol. The number of nitrogen functional groups attached to an aromatic ring is 1. The number of hydrogen-bond acceptors (Lipinski definition) is 5. The fourth-order valence-electron chi connectivity index (χ4n) is 5.70. The number of hydrogen-bond donors (Lipinski definition) is 3. The van der Waals surface area contributed by atoms with E-state index in [1.54, 1.807) is 45.9 Å². The van der Waals surface area contributed by atoms with Crippen LogP contribution in [0.1, 0.15) is 97.1 Å². The van der Waals surface area contributed by atoms with E-state index in [2.05, 4.69) is 96.3 Å². The van der Waals surface area contributed by atoms with Crippen molar-refractivity contribution in [2.45, 2.75) is 70.8 Å². The van der Waals surface area contributed by atoms with Gasteiger partial charge in [0.15, 0.2) is 5.78 Å². The van der Waals surface area contributed by atoms with Gasteiger partial charge in [0, 0.05) is 16.9 Å². The average molecular weight is 715 g/mol. The summed E-state index contributed by atoms with van der Waals surface area (Å²) in [5, 5.41) is 15.9. The molecule has 268 valence electrons. The number of aromatic carboxylic acids is 1. The summed E-state index contributed by atoms with van der Waals surface area (Å²) in [4.78, 5) is 33.9. The summed E-state index contributed by atoms with van der Waals surface area (Å²) in [5.74, 6) is 0.123. The lowest BCUT2D eigenvalue weighted by molar-refractivity contribution is 0.0632. The summed E-state index contributed by atoms with van der Waals surface area (Å²) in [5.41, 5.74) is 9.61. The molecule has 0 saturated heterocycles. The molecule has 0 atom stereocenters. The zero-order chi connectivity index (χ0) is 37.3. The van der Waals surface area contributed by atoms with Gasteiger partial charge in [-0.2, -0.15) is 0 Å². The molecule has 0 unspecified atom stereocenters. The summed E-state index contributed by atoms with van der Waals surface area (Å²) in [6.45, 7) is 6.90. The molecule has 0 bridgehead atoms. The summed E-state index contributed by atoms with van der Waals surface area (Å²) < 4.78 is 5.20. The molecule has 0 radical (unpaired) electrons. The minimum Gasteiger partial charge on any atom is -0.478 e. The van der Waals surface area contributed by atoms with Gasteiger partial charge >= 0.3 is 12.1 Å². The Hall–Kier alpha value is -5.26. The molecule has 2 fully saturated rings.